The third-order valence-electron chi connectivity index (χ3n) is 2.44. The molecule has 0 saturated carbocycles. The summed E-state index contributed by atoms with van der Waals surface area (Å²) in [7, 11) is 0. The number of fused-ring (bicyclic) bond motifs is 1. The van der Waals surface area contributed by atoms with Gasteiger partial charge in [-0.15, -0.1) is 0 Å². The van der Waals surface area contributed by atoms with Gasteiger partial charge in [-0.1, -0.05) is 35.8 Å². The zero-order valence-corrected chi connectivity index (χ0v) is 10.2. The Morgan fingerprint density at radius 3 is 2.80 bits per heavy atom. The number of hydrogen-bond donors (Lipinski definition) is 1. The monoisotopic (exact) mass is 261 g/mol. The Kier molecular flexibility index (Phi) is 3.14. The number of nitrogens with zero attached hydrogens (tertiary/aromatic N) is 1. The maximum absolute atomic E-state index is 11.3. The Balaban J connectivity index is 2.55. The van der Waals surface area contributed by atoms with Gasteiger partial charge in [0.2, 0.25) is 0 Å². The van der Waals surface area contributed by atoms with Gasteiger partial charge in [0.1, 0.15) is 0 Å². The smallest absolute Gasteiger partial charge is 0.283 e. The summed E-state index contributed by atoms with van der Waals surface area (Å²) in [4.78, 5) is 12.9. The van der Waals surface area contributed by atoms with E-state index in [9.17, 15) is 4.79 Å². The van der Waals surface area contributed by atoms with Crippen molar-refractivity contribution in [2.75, 3.05) is 11.4 Å². The number of anilines is 1. The molecule has 80 valence electrons. The van der Waals surface area contributed by atoms with Crippen molar-refractivity contribution in [3.05, 3.63) is 27.7 Å². The molecule has 15 heavy (non-hydrogen) atoms. The summed E-state index contributed by atoms with van der Waals surface area (Å²) in [6.07, 6.45) is 1.81. The number of amides is 1. The first-order valence-corrected chi connectivity index (χ1v) is 5.78. The number of hydrogen-bond acceptors (Lipinski definition) is 1. The summed E-state index contributed by atoms with van der Waals surface area (Å²) in [5.74, 6) is 0. The SMILES string of the molecule is O=C(S)N1CCCc2cc(Cl)cc(Cl)c21. The quantitative estimate of drug-likeness (QED) is 0.705. The number of rotatable bonds is 0. The number of carbonyl (C=O) groups excluding carboxylic acids is 1. The highest BCUT2D eigenvalue weighted by Crippen LogP contribution is 2.37. The van der Waals surface area contributed by atoms with Gasteiger partial charge in [0.15, 0.2) is 0 Å². The fourth-order valence-electron chi connectivity index (χ4n) is 1.84. The van der Waals surface area contributed by atoms with Gasteiger partial charge < -0.3 is 4.90 Å². The van der Waals surface area contributed by atoms with Gasteiger partial charge in [-0.2, -0.15) is 0 Å². The lowest BCUT2D eigenvalue weighted by Gasteiger charge is -2.29. The molecule has 0 unspecified atom stereocenters. The van der Waals surface area contributed by atoms with Crippen LogP contribution in [0.5, 0.6) is 0 Å². The fourth-order valence-corrected chi connectivity index (χ4v) is 2.68. The standard InChI is InChI=1S/C10H9Cl2NOS/c11-7-4-6-2-1-3-13(10(14)15)9(6)8(12)5-7/h4-5H,1-3H2,(H,14,15). The van der Waals surface area contributed by atoms with Crippen LogP contribution in [0.25, 0.3) is 0 Å². The van der Waals surface area contributed by atoms with Gasteiger partial charge in [-0.3, -0.25) is 4.79 Å². The highest BCUT2D eigenvalue weighted by Gasteiger charge is 2.23. The first kappa shape index (κ1) is 11.1. The molecule has 0 radical (unpaired) electrons. The van der Waals surface area contributed by atoms with Crippen LogP contribution in [0.1, 0.15) is 12.0 Å². The van der Waals surface area contributed by atoms with Crippen LogP contribution in [0.4, 0.5) is 10.5 Å². The number of halogens is 2. The first-order valence-electron chi connectivity index (χ1n) is 4.58. The van der Waals surface area contributed by atoms with E-state index in [1.807, 2.05) is 6.07 Å². The number of carbonyl (C=O) groups is 1. The molecule has 0 aliphatic carbocycles. The number of thiol groups is 1. The van der Waals surface area contributed by atoms with Gasteiger partial charge >= 0.3 is 0 Å². The van der Waals surface area contributed by atoms with Crippen LogP contribution < -0.4 is 4.90 Å². The van der Waals surface area contributed by atoms with E-state index in [1.165, 1.54) is 0 Å². The third-order valence-corrected chi connectivity index (χ3v) is 3.18. The molecule has 1 aliphatic rings. The van der Waals surface area contributed by atoms with Crippen LogP contribution in [0.3, 0.4) is 0 Å². The molecule has 1 amide bonds. The third kappa shape index (κ3) is 2.10. The summed E-state index contributed by atoms with van der Waals surface area (Å²) in [5.41, 5.74) is 1.77. The van der Waals surface area contributed by atoms with Crippen molar-refractivity contribution in [3.8, 4) is 0 Å². The maximum atomic E-state index is 11.3. The van der Waals surface area contributed by atoms with Crippen molar-refractivity contribution < 1.29 is 4.79 Å². The van der Waals surface area contributed by atoms with Gasteiger partial charge in [0.05, 0.1) is 10.7 Å². The largest absolute Gasteiger partial charge is 0.302 e. The van der Waals surface area contributed by atoms with Crippen LogP contribution in [-0.4, -0.2) is 11.8 Å². The average molecular weight is 262 g/mol. The molecule has 0 atom stereocenters. The van der Waals surface area contributed by atoms with Crippen molar-refractivity contribution >= 4 is 46.8 Å². The Bertz CT molecular complexity index is 422. The molecule has 0 saturated heterocycles. The van der Waals surface area contributed by atoms with Crippen molar-refractivity contribution in [2.24, 2.45) is 0 Å². The molecule has 1 aliphatic heterocycles. The van der Waals surface area contributed by atoms with E-state index in [-0.39, 0.29) is 5.24 Å². The van der Waals surface area contributed by atoms with E-state index < -0.39 is 0 Å². The van der Waals surface area contributed by atoms with E-state index >= 15 is 0 Å². The molecule has 0 spiro atoms. The second-order valence-corrected chi connectivity index (χ2v) is 4.66. The minimum Gasteiger partial charge on any atom is -0.302 e. The normalized spacial score (nSPS) is 15.0. The molecule has 0 N–H and O–H groups in total. The van der Waals surface area contributed by atoms with Crippen LogP contribution >= 0.6 is 35.8 Å². The molecule has 1 aromatic rings. The van der Waals surface area contributed by atoms with Crippen molar-refractivity contribution in [3.63, 3.8) is 0 Å². The Labute approximate surface area is 104 Å². The van der Waals surface area contributed by atoms with Gasteiger partial charge in [0.25, 0.3) is 5.24 Å². The minimum absolute atomic E-state index is 0.278. The zero-order chi connectivity index (χ0) is 11.0. The molecule has 1 aromatic carbocycles. The summed E-state index contributed by atoms with van der Waals surface area (Å²) >= 11 is 15.8. The Morgan fingerprint density at radius 1 is 1.40 bits per heavy atom. The van der Waals surface area contributed by atoms with E-state index in [4.69, 9.17) is 23.2 Å². The molecule has 0 bridgehead atoms. The predicted molar refractivity (Wildman–Crippen MR) is 66.5 cm³/mol. The molecule has 2 nitrogen and oxygen atoms in total. The number of benzene rings is 1. The second-order valence-electron chi connectivity index (χ2n) is 3.43. The molecule has 5 heteroatoms. The molecular formula is C10H9Cl2NOS. The minimum atomic E-state index is -0.278. The summed E-state index contributed by atoms with van der Waals surface area (Å²) in [6.45, 7) is 0.663. The molecule has 1 heterocycles. The predicted octanol–water partition coefficient (Wildman–Crippen LogP) is 3.80. The van der Waals surface area contributed by atoms with Crippen LogP contribution in [0.15, 0.2) is 12.1 Å². The van der Waals surface area contributed by atoms with E-state index in [0.717, 1.165) is 24.1 Å². The van der Waals surface area contributed by atoms with Gasteiger partial charge in [-0.05, 0) is 30.5 Å². The highest BCUT2D eigenvalue weighted by atomic mass is 35.5. The van der Waals surface area contributed by atoms with E-state index in [2.05, 4.69) is 12.6 Å². The Hall–Kier alpha value is -0.380. The van der Waals surface area contributed by atoms with Crippen LogP contribution in [0, 0.1) is 0 Å². The van der Waals surface area contributed by atoms with Gasteiger partial charge in [-0.25, -0.2) is 0 Å². The second kappa shape index (κ2) is 4.24. The average Bonchev–Trinajstić information content (AvgIpc) is 2.16. The van der Waals surface area contributed by atoms with Crippen molar-refractivity contribution in [1.82, 2.24) is 0 Å². The van der Waals surface area contributed by atoms with E-state index in [1.54, 1.807) is 11.0 Å². The number of aryl methyl sites for hydroxylation is 1. The van der Waals surface area contributed by atoms with Gasteiger partial charge in [0, 0.05) is 11.6 Å². The van der Waals surface area contributed by atoms with Crippen LogP contribution in [0.2, 0.25) is 10.0 Å². The van der Waals surface area contributed by atoms with Crippen molar-refractivity contribution in [1.29, 1.82) is 0 Å². The lowest BCUT2D eigenvalue weighted by Crippen LogP contribution is -2.31. The first-order chi connectivity index (χ1) is 7.09. The summed E-state index contributed by atoms with van der Waals surface area (Å²) in [5, 5.41) is 0.840. The maximum Gasteiger partial charge on any atom is 0.283 e. The zero-order valence-electron chi connectivity index (χ0n) is 7.83. The topological polar surface area (TPSA) is 20.3 Å². The molecule has 0 fully saturated rings. The molecule has 2 rings (SSSR count). The summed E-state index contributed by atoms with van der Waals surface area (Å²) in [6, 6.07) is 3.50. The molecule has 0 aromatic heterocycles. The van der Waals surface area contributed by atoms with Crippen molar-refractivity contribution in [2.45, 2.75) is 12.8 Å². The van der Waals surface area contributed by atoms with Crippen LogP contribution in [-0.2, 0) is 6.42 Å². The summed E-state index contributed by atoms with van der Waals surface area (Å²) < 4.78 is 0. The fraction of sp³-hybridized carbons (Fsp3) is 0.300. The molecular weight excluding hydrogens is 253 g/mol. The lowest BCUT2D eigenvalue weighted by atomic mass is 10.0. The lowest BCUT2D eigenvalue weighted by molar-refractivity contribution is 0.265. The van der Waals surface area contributed by atoms with E-state index in [0.29, 0.717) is 16.6 Å². The highest BCUT2D eigenvalue weighted by molar-refractivity contribution is 7.96. The Morgan fingerprint density at radius 2 is 2.13 bits per heavy atom.